The number of fused-ring (bicyclic) bond motifs is 2. The molecule has 3 bridgehead atoms. The standard InChI is InChI=1S/C11H14O4S/c12-9-6-2-10(16(13,14)15)4-7-1-8(9)11(7,3-6)5-10/h6-8H,1-5H2,(H,13,14,15). The van der Waals surface area contributed by atoms with Gasteiger partial charge in [0.1, 0.15) is 5.78 Å². The molecule has 0 aromatic rings. The maximum absolute atomic E-state index is 12.0. The van der Waals surface area contributed by atoms with Gasteiger partial charge in [0.25, 0.3) is 10.1 Å². The van der Waals surface area contributed by atoms with Crippen molar-refractivity contribution < 1.29 is 17.8 Å². The zero-order valence-electron chi connectivity index (χ0n) is 8.85. The van der Waals surface area contributed by atoms with E-state index in [0.717, 1.165) is 12.8 Å². The molecule has 1 N–H and O–H groups in total. The summed E-state index contributed by atoms with van der Waals surface area (Å²) in [6.07, 6.45) is 3.26. The molecule has 0 heterocycles. The van der Waals surface area contributed by atoms with E-state index in [1.165, 1.54) is 0 Å². The summed E-state index contributed by atoms with van der Waals surface area (Å²) in [4.78, 5) is 12.0. The Morgan fingerprint density at radius 1 is 1.25 bits per heavy atom. The fourth-order valence-corrected chi connectivity index (χ4v) is 6.53. The molecule has 0 radical (unpaired) electrons. The van der Waals surface area contributed by atoms with Crippen molar-refractivity contribution in [3.05, 3.63) is 0 Å². The summed E-state index contributed by atoms with van der Waals surface area (Å²) in [5, 5.41) is 0. The first-order valence-corrected chi connectivity index (χ1v) is 7.33. The molecule has 4 rings (SSSR count). The molecule has 88 valence electrons. The monoisotopic (exact) mass is 242 g/mol. The van der Waals surface area contributed by atoms with Crippen LogP contribution in [0.4, 0.5) is 0 Å². The van der Waals surface area contributed by atoms with Crippen LogP contribution in [-0.2, 0) is 14.9 Å². The highest BCUT2D eigenvalue weighted by Crippen LogP contribution is 2.76. The molecule has 0 amide bonds. The van der Waals surface area contributed by atoms with Gasteiger partial charge >= 0.3 is 0 Å². The first-order valence-electron chi connectivity index (χ1n) is 5.89. The summed E-state index contributed by atoms with van der Waals surface area (Å²) >= 11 is 0. The molecule has 5 heteroatoms. The Hall–Kier alpha value is -0.420. The van der Waals surface area contributed by atoms with E-state index in [4.69, 9.17) is 0 Å². The molecular weight excluding hydrogens is 228 g/mol. The fourth-order valence-electron chi connectivity index (χ4n) is 5.26. The minimum atomic E-state index is -4.01. The molecule has 4 aliphatic rings. The highest BCUT2D eigenvalue weighted by atomic mass is 32.2. The molecule has 4 fully saturated rings. The summed E-state index contributed by atoms with van der Waals surface area (Å²) < 4.78 is 31.7. The predicted molar refractivity (Wildman–Crippen MR) is 55.3 cm³/mol. The summed E-state index contributed by atoms with van der Waals surface area (Å²) in [7, 11) is -4.01. The summed E-state index contributed by atoms with van der Waals surface area (Å²) in [5.74, 6) is 0.680. The van der Waals surface area contributed by atoms with Gasteiger partial charge in [-0.25, -0.2) is 0 Å². The lowest BCUT2D eigenvalue weighted by Crippen LogP contribution is -2.44. The molecule has 1 spiro atoms. The van der Waals surface area contributed by atoms with Crippen molar-refractivity contribution in [3.8, 4) is 0 Å². The topological polar surface area (TPSA) is 71.4 Å². The minimum absolute atomic E-state index is 0.0319. The second-order valence-electron chi connectivity index (χ2n) is 6.26. The van der Waals surface area contributed by atoms with E-state index in [0.29, 0.717) is 25.2 Å². The van der Waals surface area contributed by atoms with Gasteiger partial charge in [-0.3, -0.25) is 9.35 Å². The van der Waals surface area contributed by atoms with Gasteiger partial charge in [0.05, 0.1) is 4.75 Å². The average Bonchev–Trinajstić information content (AvgIpc) is 2.44. The zero-order valence-corrected chi connectivity index (χ0v) is 9.66. The lowest BCUT2D eigenvalue weighted by atomic mass is 9.56. The summed E-state index contributed by atoms with van der Waals surface area (Å²) in [5.41, 5.74) is -0.0319. The average molecular weight is 242 g/mol. The van der Waals surface area contributed by atoms with Crippen molar-refractivity contribution in [3.63, 3.8) is 0 Å². The van der Waals surface area contributed by atoms with Crippen LogP contribution in [0.2, 0.25) is 0 Å². The zero-order chi connectivity index (χ0) is 11.3. The Morgan fingerprint density at radius 2 is 2.00 bits per heavy atom. The van der Waals surface area contributed by atoms with Gasteiger partial charge in [-0.2, -0.15) is 8.42 Å². The molecule has 0 saturated heterocycles. The van der Waals surface area contributed by atoms with Crippen LogP contribution in [0.3, 0.4) is 0 Å². The number of Topliss-reactive ketones (excluding diaryl/α,β-unsaturated/α-hetero) is 1. The van der Waals surface area contributed by atoms with Crippen molar-refractivity contribution in [2.45, 2.75) is 36.9 Å². The lowest BCUT2D eigenvalue weighted by molar-refractivity contribution is -0.131. The van der Waals surface area contributed by atoms with Gasteiger partial charge in [0, 0.05) is 11.8 Å². The normalized spacial score (nSPS) is 57.6. The van der Waals surface area contributed by atoms with Crippen LogP contribution < -0.4 is 0 Å². The van der Waals surface area contributed by atoms with E-state index in [1.807, 2.05) is 0 Å². The Balaban J connectivity index is 1.91. The van der Waals surface area contributed by atoms with Crippen LogP contribution >= 0.6 is 0 Å². The van der Waals surface area contributed by atoms with Gasteiger partial charge < -0.3 is 0 Å². The summed E-state index contributed by atoms with van der Waals surface area (Å²) in [6.45, 7) is 0. The van der Waals surface area contributed by atoms with Crippen molar-refractivity contribution in [2.75, 3.05) is 0 Å². The lowest BCUT2D eigenvalue weighted by Gasteiger charge is -2.47. The highest BCUT2D eigenvalue weighted by molar-refractivity contribution is 7.87. The molecule has 0 aliphatic heterocycles. The van der Waals surface area contributed by atoms with Gasteiger partial charge in [-0.05, 0) is 43.4 Å². The van der Waals surface area contributed by atoms with Gasteiger partial charge in [0.2, 0.25) is 0 Å². The maximum atomic E-state index is 12.0. The van der Waals surface area contributed by atoms with E-state index in [1.54, 1.807) is 0 Å². The molecule has 4 aliphatic carbocycles. The Kier molecular flexibility index (Phi) is 1.35. The van der Waals surface area contributed by atoms with Crippen molar-refractivity contribution in [2.24, 2.45) is 23.2 Å². The van der Waals surface area contributed by atoms with Crippen LogP contribution in [0.5, 0.6) is 0 Å². The smallest absolute Gasteiger partial charge is 0.270 e. The van der Waals surface area contributed by atoms with Crippen LogP contribution in [0.1, 0.15) is 32.1 Å². The number of carbonyl (C=O) groups is 1. The van der Waals surface area contributed by atoms with Crippen LogP contribution in [-0.4, -0.2) is 23.5 Å². The van der Waals surface area contributed by atoms with E-state index in [9.17, 15) is 17.8 Å². The second-order valence-corrected chi connectivity index (χ2v) is 8.08. The van der Waals surface area contributed by atoms with Crippen LogP contribution in [0.25, 0.3) is 0 Å². The fraction of sp³-hybridized carbons (Fsp3) is 0.909. The highest BCUT2D eigenvalue weighted by Gasteiger charge is 2.76. The number of hydrogen-bond acceptors (Lipinski definition) is 3. The van der Waals surface area contributed by atoms with Crippen LogP contribution in [0, 0.1) is 23.2 Å². The molecule has 16 heavy (non-hydrogen) atoms. The Morgan fingerprint density at radius 3 is 2.69 bits per heavy atom. The van der Waals surface area contributed by atoms with Crippen LogP contribution in [0.15, 0.2) is 0 Å². The summed E-state index contributed by atoms with van der Waals surface area (Å²) in [6, 6.07) is 0. The quantitative estimate of drug-likeness (QED) is 0.697. The van der Waals surface area contributed by atoms with E-state index < -0.39 is 14.9 Å². The second kappa shape index (κ2) is 2.25. The molecule has 0 aromatic carbocycles. The maximum Gasteiger partial charge on any atom is 0.270 e. The number of hydrogen-bond donors (Lipinski definition) is 1. The first kappa shape index (κ1) is 9.59. The third-order valence-corrected chi connectivity index (χ3v) is 7.41. The molecule has 4 saturated carbocycles. The van der Waals surface area contributed by atoms with Gasteiger partial charge in [-0.15, -0.1) is 0 Å². The molecule has 0 aromatic heterocycles. The minimum Gasteiger partial charge on any atom is -0.299 e. The molecule has 5 unspecified atom stereocenters. The number of ketones is 1. The third-order valence-electron chi connectivity index (χ3n) is 5.83. The van der Waals surface area contributed by atoms with Crippen molar-refractivity contribution in [1.82, 2.24) is 0 Å². The van der Waals surface area contributed by atoms with Gasteiger partial charge in [0.15, 0.2) is 0 Å². The molecular formula is C11H14O4S. The number of rotatable bonds is 1. The Bertz CT molecular complexity index is 510. The Labute approximate surface area is 94.2 Å². The van der Waals surface area contributed by atoms with E-state index in [2.05, 4.69) is 0 Å². The largest absolute Gasteiger partial charge is 0.299 e. The third kappa shape index (κ3) is 0.749. The number of carbonyl (C=O) groups excluding carboxylic acids is 1. The van der Waals surface area contributed by atoms with Crippen molar-refractivity contribution >= 4 is 15.9 Å². The van der Waals surface area contributed by atoms with Gasteiger partial charge in [-0.1, -0.05) is 0 Å². The van der Waals surface area contributed by atoms with E-state index >= 15 is 0 Å². The van der Waals surface area contributed by atoms with Crippen molar-refractivity contribution in [1.29, 1.82) is 0 Å². The predicted octanol–water partition coefficient (Wildman–Crippen LogP) is 1.02. The SMILES string of the molecule is O=C1C2CC34CC(S(=O)(=O)O)(C2)CC3CC14. The van der Waals surface area contributed by atoms with E-state index in [-0.39, 0.29) is 23.0 Å². The molecule has 4 nitrogen and oxygen atoms in total. The molecule has 5 atom stereocenters. The first-order chi connectivity index (χ1) is 7.38.